The van der Waals surface area contributed by atoms with Crippen molar-refractivity contribution >= 4 is 61.6 Å². The summed E-state index contributed by atoms with van der Waals surface area (Å²) < 4.78 is 18.5. The quantitative estimate of drug-likeness (QED) is 0.172. The van der Waals surface area contributed by atoms with Crippen LogP contribution in [0.5, 0.6) is 5.75 Å². The van der Waals surface area contributed by atoms with Gasteiger partial charge in [-0.1, -0.05) is 39.7 Å². The third-order valence-electron chi connectivity index (χ3n) is 5.39. The van der Waals surface area contributed by atoms with Gasteiger partial charge in [-0.25, -0.2) is 9.78 Å². The molecule has 0 aliphatic carbocycles. The summed E-state index contributed by atoms with van der Waals surface area (Å²) in [4.78, 5) is 30.0. The highest BCUT2D eigenvalue weighted by atomic mass is 79.9. The highest BCUT2D eigenvalue weighted by molar-refractivity contribution is 9.10. The molecule has 0 radical (unpaired) electrons. The molecule has 5 rings (SSSR count). The van der Waals surface area contributed by atoms with Crippen molar-refractivity contribution in [1.29, 1.82) is 0 Å². The number of rotatable bonds is 7. The van der Waals surface area contributed by atoms with E-state index in [0.717, 1.165) is 9.86 Å². The maximum Gasteiger partial charge on any atom is 0.344 e. The van der Waals surface area contributed by atoms with Gasteiger partial charge in [-0.05, 0) is 61.5 Å². The lowest BCUT2D eigenvalue weighted by molar-refractivity contribution is -0.145. The second kappa shape index (κ2) is 10.6. The molecule has 37 heavy (non-hydrogen) atoms. The number of carbonyl (C=O) groups is 1. The zero-order valence-corrected chi connectivity index (χ0v) is 21.8. The van der Waals surface area contributed by atoms with E-state index in [1.165, 1.54) is 10.9 Å². The molecule has 3 aromatic carbocycles. The van der Waals surface area contributed by atoms with Crippen LogP contribution >= 0.6 is 27.5 Å². The standard InChI is InChI=1S/C27H19BrClN3O5/c1-2-35-25(33)15-36-22-9-7-18(28)11-17(22)14-30-32-26(31-21-6-4-3-5-20(21)27(32)34)24-13-16-12-19(29)8-10-23(16)37-24/h3-14H,2,15H2,1H3. The van der Waals surface area contributed by atoms with Crippen LogP contribution in [0.2, 0.25) is 5.02 Å². The molecular weight excluding hydrogens is 562 g/mol. The molecule has 5 aromatic rings. The highest BCUT2D eigenvalue weighted by Gasteiger charge is 2.17. The third-order valence-corrected chi connectivity index (χ3v) is 6.12. The van der Waals surface area contributed by atoms with Gasteiger partial charge in [0.25, 0.3) is 5.56 Å². The Balaban J connectivity index is 1.62. The summed E-state index contributed by atoms with van der Waals surface area (Å²) in [7, 11) is 0. The Morgan fingerprint density at radius 3 is 2.84 bits per heavy atom. The van der Waals surface area contributed by atoms with Crippen LogP contribution in [0.25, 0.3) is 33.5 Å². The fourth-order valence-electron chi connectivity index (χ4n) is 3.73. The van der Waals surface area contributed by atoms with Crippen LogP contribution in [0.15, 0.2) is 85.5 Å². The monoisotopic (exact) mass is 579 g/mol. The Kier molecular flexibility index (Phi) is 7.07. The van der Waals surface area contributed by atoms with Gasteiger partial charge in [-0.2, -0.15) is 9.78 Å². The smallest absolute Gasteiger partial charge is 0.344 e. The molecule has 0 fully saturated rings. The highest BCUT2D eigenvalue weighted by Crippen LogP contribution is 2.29. The molecule has 2 aromatic heterocycles. The lowest BCUT2D eigenvalue weighted by atomic mass is 10.2. The van der Waals surface area contributed by atoms with E-state index in [4.69, 9.17) is 25.5 Å². The molecule has 186 valence electrons. The van der Waals surface area contributed by atoms with Crippen molar-refractivity contribution in [3.05, 3.63) is 92.1 Å². The number of nitrogens with zero attached hydrogens (tertiary/aromatic N) is 3. The fourth-order valence-corrected chi connectivity index (χ4v) is 4.28. The number of hydrogen-bond acceptors (Lipinski definition) is 7. The number of ether oxygens (including phenoxy) is 2. The Morgan fingerprint density at radius 2 is 2.00 bits per heavy atom. The first-order valence-corrected chi connectivity index (χ1v) is 12.4. The predicted octanol–water partition coefficient (Wildman–Crippen LogP) is 6.05. The average molecular weight is 581 g/mol. The van der Waals surface area contributed by atoms with Crippen LogP contribution in [0.1, 0.15) is 12.5 Å². The Labute approximate surface area is 224 Å². The zero-order valence-electron chi connectivity index (χ0n) is 19.5. The lowest BCUT2D eigenvalue weighted by Crippen LogP contribution is -2.20. The zero-order chi connectivity index (χ0) is 25.9. The SMILES string of the molecule is CCOC(=O)COc1ccc(Br)cc1C=Nn1c(-c2cc3cc(Cl)ccc3o2)nc2ccccc2c1=O. The summed E-state index contributed by atoms with van der Waals surface area (Å²) in [5.41, 5.74) is 1.26. The molecule has 0 atom stereocenters. The van der Waals surface area contributed by atoms with Gasteiger partial charge in [0.15, 0.2) is 12.4 Å². The number of fused-ring (bicyclic) bond motifs is 2. The van der Waals surface area contributed by atoms with Crippen molar-refractivity contribution in [2.75, 3.05) is 13.2 Å². The number of hydrogen-bond donors (Lipinski definition) is 0. The molecule has 0 unspecified atom stereocenters. The number of carbonyl (C=O) groups excluding carboxylic acids is 1. The van der Waals surface area contributed by atoms with E-state index in [9.17, 15) is 9.59 Å². The number of furan rings is 1. The third kappa shape index (κ3) is 5.28. The molecule has 0 bridgehead atoms. The van der Waals surface area contributed by atoms with Crippen LogP contribution in [-0.4, -0.2) is 35.1 Å². The lowest BCUT2D eigenvalue weighted by Gasteiger charge is -2.10. The summed E-state index contributed by atoms with van der Waals surface area (Å²) in [5.74, 6) is 0.471. The van der Waals surface area contributed by atoms with Crippen molar-refractivity contribution in [2.45, 2.75) is 6.92 Å². The minimum absolute atomic E-state index is 0.219. The van der Waals surface area contributed by atoms with E-state index >= 15 is 0 Å². The minimum Gasteiger partial charge on any atom is -0.481 e. The molecule has 8 nitrogen and oxygen atoms in total. The molecule has 0 amide bonds. The Bertz CT molecular complexity index is 1730. The maximum absolute atomic E-state index is 13.5. The number of benzene rings is 3. The number of aromatic nitrogens is 2. The van der Waals surface area contributed by atoms with Crippen LogP contribution < -0.4 is 10.3 Å². The van der Waals surface area contributed by atoms with Crippen molar-refractivity contribution < 1.29 is 18.7 Å². The van der Waals surface area contributed by atoms with E-state index in [0.29, 0.717) is 38.6 Å². The summed E-state index contributed by atoms with van der Waals surface area (Å²) in [6, 6.07) is 19.2. The van der Waals surface area contributed by atoms with Gasteiger partial charge < -0.3 is 13.9 Å². The number of esters is 1. The average Bonchev–Trinajstić information content (AvgIpc) is 3.31. The largest absolute Gasteiger partial charge is 0.481 e. The van der Waals surface area contributed by atoms with Gasteiger partial charge >= 0.3 is 5.97 Å². The molecule has 0 aliphatic heterocycles. The van der Waals surface area contributed by atoms with Gasteiger partial charge in [0.05, 0.1) is 23.7 Å². The van der Waals surface area contributed by atoms with Crippen molar-refractivity contribution in [3.63, 3.8) is 0 Å². The summed E-state index contributed by atoms with van der Waals surface area (Å²) in [6.45, 7) is 1.71. The molecular formula is C27H19BrClN3O5. The van der Waals surface area contributed by atoms with E-state index in [1.807, 2.05) is 0 Å². The van der Waals surface area contributed by atoms with Crippen LogP contribution in [-0.2, 0) is 9.53 Å². The van der Waals surface area contributed by atoms with E-state index in [2.05, 4.69) is 26.0 Å². The van der Waals surface area contributed by atoms with Gasteiger partial charge in [-0.3, -0.25) is 4.79 Å². The van der Waals surface area contributed by atoms with Gasteiger partial charge in [0, 0.05) is 20.4 Å². The fraction of sp³-hybridized carbons (Fsp3) is 0.111. The number of halogens is 2. The normalized spacial score (nSPS) is 11.4. The molecule has 10 heteroatoms. The molecule has 0 N–H and O–H groups in total. The second-order valence-electron chi connectivity index (χ2n) is 7.88. The summed E-state index contributed by atoms with van der Waals surface area (Å²) in [5, 5.41) is 6.20. The van der Waals surface area contributed by atoms with E-state index in [-0.39, 0.29) is 24.6 Å². The van der Waals surface area contributed by atoms with E-state index in [1.54, 1.807) is 73.7 Å². The van der Waals surface area contributed by atoms with Crippen molar-refractivity contribution in [2.24, 2.45) is 5.10 Å². The van der Waals surface area contributed by atoms with Gasteiger partial charge in [-0.15, -0.1) is 0 Å². The first kappa shape index (κ1) is 24.7. The van der Waals surface area contributed by atoms with E-state index < -0.39 is 5.97 Å². The summed E-state index contributed by atoms with van der Waals surface area (Å²) in [6.07, 6.45) is 1.46. The number of para-hydroxylation sites is 1. The van der Waals surface area contributed by atoms with Crippen LogP contribution in [0, 0.1) is 0 Å². The topological polar surface area (TPSA) is 95.9 Å². The Hall–Kier alpha value is -3.95. The van der Waals surface area contributed by atoms with Crippen LogP contribution in [0.4, 0.5) is 0 Å². The van der Waals surface area contributed by atoms with Crippen molar-refractivity contribution in [3.8, 4) is 17.3 Å². The van der Waals surface area contributed by atoms with Gasteiger partial charge in [0.2, 0.25) is 5.82 Å². The second-order valence-corrected chi connectivity index (χ2v) is 9.23. The first-order valence-electron chi connectivity index (χ1n) is 11.3. The molecule has 0 saturated heterocycles. The molecule has 0 saturated carbocycles. The summed E-state index contributed by atoms with van der Waals surface area (Å²) >= 11 is 9.57. The molecule has 2 heterocycles. The predicted molar refractivity (Wildman–Crippen MR) is 145 cm³/mol. The molecule has 0 aliphatic rings. The maximum atomic E-state index is 13.5. The van der Waals surface area contributed by atoms with Crippen molar-refractivity contribution in [1.82, 2.24) is 9.66 Å². The van der Waals surface area contributed by atoms with Gasteiger partial charge in [0.1, 0.15) is 11.3 Å². The molecule has 0 spiro atoms. The Morgan fingerprint density at radius 1 is 1.16 bits per heavy atom. The first-order chi connectivity index (χ1) is 17.9. The van der Waals surface area contributed by atoms with Crippen LogP contribution in [0.3, 0.4) is 0 Å². The minimum atomic E-state index is -0.490.